The lowest BCUT2D eigenvalue weighted by Gasteiger charge is -2.30. The van der Waals surface area contributed by atoms with Crippen LogP contribution in [0.2, 0.25) is 0 Å². The maximum Gasteiger partial charge on any atom is 0.573 e. The molecule has 2 N–H and O–H groups in total. The zero-order valence-electron chi connectivity index (χ0n) is 24.9. The fraction of sp³-hybridized carbons (Fsp3) is 0.500. The number of piperidine rings is 1. The molecule has 0 radical (unpaired) electrons. The molecule has 2 aliphatic rings. The van der Waals surface area contributed by atoms with E-state index in [0.29, 0.717) is 25.9 Å². The number of halogens is 6. The van der Waals surface area contributed by atoms with Crippen molar-refractivity contribution >= 4 is 63.1 Å². The summed E-state index contributed by atoms with van der Waals surface area (Å²) in [4.78, 5) is 30.8. The number of carbonyl (C=O) groups is 2. The summed E-state index contributed by atoms with van der Waals surface area (Å²) in [7, 11) is 0. The van der Waals surface area contributed by atoms with Gasteiger partial charge in [0, 0.05) is 47.2 Å². The lowest BCUT2D eigenvalue weighted by Crippen LogP contribution is -2.50. The molecule has 0 bridgehead atoms. The molecule has 2 saturated heterocycles. The molecule has 45 heavy (non-hydrogen) atoms. The van der Waals surface area contributed by atoms with Crippen molar-refractivity contribution in [3.63, 3.8) is 0 Å². The maximum atomic E-state index is 14.0. The molecule has 13 heteroatoms. The van der Waals surface area contributed by atoms with E-state index in [9.17, 15) is 27.2 Å². The highest BCUT2D eigenvalue weighted by molar-refractivity contribution is 14.1. The van der Waals surface area contributed by atoms with Gasteiger partial charge in [-0.3, -0.25) is 9.59 Å². The van der Waals surface area contributed by atoms with Gasteiger partial charge in [-0.05, 0) is 79.2 Å². The minimum Gasteiger partial charge on any atom is -0.403 e. The van der Waals surface area contributed by atoms with Crippen molar-refractivity contribution in [2.45, 2.75) is 66.0 Å². The van der Waals surface area contributed by atoms with Gasteiger partial charge in [-0.15, -0.1) is 13.2 Å². The first-order chi connectivity index (χ1) is 21.5. The van der Waals surface area contributed by atoms with Crippen LogP contribution in [0.25, 0.3) is 6.08 Å². The molecular formula is C32H38F4I2N4O3. The third-order valence-electron chi connectivity index (χ3n) is 7.90. The van der Waals surface area contributed by atoms with Gasteiger partial charge in [0.25, 0.3) is 0 Å². The van der Waals surface area contributed by atoms with E-state index < -0.39 is 23.8 Å². The minimum absolute atomic E-state index is 0.0663. The monoisotopic (exact) mass is 856 g/mol. The molecule has 2 aromatic carbocycles. The summed E-state index contributed by atoms with van der Waals surface area (Å²) in [6.45, 7) is 4.26. The molecule has 0 spiro atoms. The summed E-state index contributed by atoms with van der Waals surface area (Å²) in [6, 6.07) is 8.97. The molecule has 4 rings (SSSR count). The predicted octanol–water partition coefficient (Wildman–Crippen LogP) is 6.36. The highest BCUT2D eigenvalue weighted by Crippen LogP contribution is 2.26. The van der Waals surface area contributed by atoms with Gasteiger partial charge >= 0.3 is 6.36 Å². The van der Waals surface area contributed by atoms with Crippen LogP contribution in [0.5, 0.6) is 5.75 Å². The van der Waals surface area contributed by atoms with Crippen LogP contribution in [0.4, 0.5) is 17.6 Å². The van der Waals surface area contributed by atoms with Crippen molar-refractivity contribution in [3.05, 3.63) is 70.5 Å². The van der Waals surface area contributed by atoms with Crippen LogP contribution in [0.1, 0.15) is 54.4 Å². The van der Waals surface area contributed by atoms with E-state index in [0.717, 1.165) is 46.2 Å². The van der Waals surface area contributed by atoms with Crippen LogP contribution < -0.4 is 15.4 Å². The molecule has 2 fully saturated rings. The Labute approximate surface area is 288 Å². The first kappa shape index (κ1) is 35.9. The molecule has 246 valence electrons. The average molecular weight is 856 g/mol. The van der Waals surface area contributed by atoms with Crippen molar-refractivity contribution in [3.8, 4) is 5.75 Å². The molecular weight excluding hydrogens is 818 g/mol. The Morgan fingerprint density at radius 3 is 2.36 bits per heavy atom. The molecule has 0 aliphatic carbocycles. The highest BCUT2D eigenvalue weighted by atomic mass is 127. The first-order valence-electron chi connectivity index (χ1n) is 15.0. The molecule has 2 aliphatic heterocycles. The number of carbonyl (C=O) groups excluding carboxylic acids is 2. The van der Waals surface area contributed by atoms with Crippen molar-refractivity contribution in [2.24, 2.45) is 0 Å². The van der Waals surface area contributed by atoms with E-state index in [1.165, 1.54) is 48.6 Å². The summed E-state index contributed by atoms with van der Waals surface area (Å²) < 4.78 is 56.7. The number of ether oxygens (including phenoxy) is 1. The quantitative estimate of drug-likeness (QED) is 0.113. The number of hydrogen-bond acceptors (Lipinski definition) is 5. The van der Waals surface area contributed by atoms with Crippen LogP contribution >= 0.6 is 45.2 Å². The fourth-order valence-corrected chi connectivity index (χ4v) is 6.57. The van der Waals surface area contributed by atoms with Crippen LogP contribution in [0.15, 0.2) is 42.5 Å². The maximum absolute atomic E-state index is 14.0. The highest BCUT2D eigenvalue weighted by Gasteiger charge is 2.33. The Kier molecular flexibility index (Phi) is 13.7. The third kappa shape index (κ3) is 11.6. The Morgan fingerprint density at radius 1 is 1.02 bits per heavy atom. The number of rotatable bonds is 12. The Morgan fingerprint density at radius 2 is 1.71 bits per heavy atom. The van der Waals surface area contributed by atoms with Gasteiger partial charge in [0.15, 0.2) is 11.6 Å². The van der Waals surface area contributed by atoms with Crippen LogP contribution in [-0.4, -0.2) is 72.8 Å². The zero-order chi connectivity index (χ0) is 32.4. The number of hydrogen-bond donors (Lipinski definition) is 2. The average Bonchev–Trinajstić information content (AvgIpc) is 3.16. The van der Waals surface area contributed by atoms with Gasteiger partial charge in [0.1, 0.15) is 0 Å². The van der Waals surface area contributed by atoms with Crippen molar-refractivity contribution in [1.29, 1.82) is 0 Å². The van der Waals surface area contributed by atoms with E-state index in [-0.39, 0.29) is 30.1 Å². The molecule has 2 amide bonds. The smallest absolute Gasteiger partial charge is 0.403 e. The molecule has 0 unspecified atom stereocenters. The van der Waals surface area contributed by atoms with Crippen molar-refractivity contribution in [2.75, 3.05) is 32.7 Å². The van der Waals surface area contributed by atoms with Crippen LogP contribution in [-0.2, 0) is 25.0 Å². The van der Waals surface area contributed by atoms with E-state index in [1.807, 2.05) is 4.90 Å². The second kappa shape index (κ2) is 17.3. The summed E-state index contributed by atoms with van der Waals surface area (Å²) in [5, 5.41) is 6.36. The van der Waals surface area contributed by atoms with Gasteiger partial charge in [-0.25, -0.2) is 4.39 Å². The molecule has 0 saturated carbocycles. The van der Waals surface area contributed by atoms with Crippen molar-refractivity contribution < 1.29 is 31.9 Å². The predicted molar refractivity (Wildman–Crippen MR) is 183 cm³/mol. The zero-order valence-corrected chi connectivity index (χ0v) is 29.2. The number of nitrogens with zero attached hydrogens (tertiary/aromatic N) is 2. The van der Waals surface area contributed by atoms with Gasteiger partial charge in [0.05, 0.1) is 6.04 Å². The Hall–Kier alpha value is -1.98. The number of nitrogens with one attached hydrogen (secondary N) is 2. The minimum atomic E-state index is -5.00. The summed E-state index contributed by atoms with van der Waals surface area (Å²) in [6.07, 6.45) is 2.41. The molecule has 2 aromatic rings. The summed E-state index contributed by atoms with van der Waals surface area (Å²) in [5.74, 6) is -2.50. The van der Waals surface area contributed by atoms with Crippen LogP contribution in [0.3, 0.4) is 0 Å². The van der Waals surface area contributed by atoms with E-state index >= 15 is 0 Å². The van der Waals surface area contributed by atoms with Crippen molar-refractivity contribution in [1.82, 2.24) is 20.4 Å². The molecule has 2 atom stereocenters. The SMILES string of the molecule is O=C(/C=C/c1ccc(OC(F)(F)F)c(F)c1)NC[C@@H]1CCN(Cc2cc(CI)cc(CI)c2)C(=O)[C@H](CCN2CCCCC2)N1. The number of alkyl halides is 5. The third-order valence-corrected chi connectivity index (χ3v) is 9.66. The Balaban J connectivity index is 1.39. The van der Waals surface area contributed by atoms with Gasteiger partial charge < -0.3 is 25.2 Å². The second-order valence-electron chi connectivity index (χ2n) is 11.4. The van der Waals surface area contributed by atoms with Gasteiger partial charge in [0.2, 0.25) is 11.8 Å². The van der Waals surface area contributed by atoms with Gasteiger partial charge in [-0.1, -0.05) is 75.9 Å². The topological polar surface area (TPSA) is 73.9 Å². The molecule has 7 nitrogen and oxygen atoms in total. The number of amides is 2. The summed E-state index contributed by atoms with van der Waals surface area (Å²) in [5.41, 5.74) is 3.80. The lowest BCUT2D eigenvalue weighted by molar-refractivity contribution is -0.275. The van der Waals surface area contributed by atoms with E-state index in [4.69, 9.17) is 0 Å². The number of likely N-dealkylation sites (tertiary alicyclic amines) is 1. The summed E-state index contributed by atoms with van der Waals surface area (Å²) >= 11 is 4.71. The van der Waals surface area contributed by atoms with E-state index in [1.54, 1.807) is 0 Å². The largest absolute Gasteiger partial charge is 0.573 e. The number of benzene rings is 2. The Bertz CT molecular complexity index is 1320. The lowest BCUT2D eigenvalue weighted by atomic mass is 10.1. The normalized spacial score (nSPS) is 20.0. The first-order valence-corrected chi connectivity index (χ1v) is 18.1. The van der Waals surface area contributed by atoms with E-state index in [2.05, 4.69) is 83.7 Å². The fourth-order valence-electron chi connectivity index (χ4n) is 5.69. The van der Waals surface area contributed by atoms with Crippen LogP contribution in [0, 0.1) is 5.82 Å². The van der Waals surface area contributed by atoms with Gasteiger partial charge in [-0.2, -0.15) is 0 Å². The molecule has 2 heterocycles. The standard InChI is InChI=1S/C32H38F4I2N4O3/c33-27-17-22(4-6-29(27)45-32(34,35)36)5-7-30(43)39-20-26-8-13-42(21-25-15-23(18-37)14-24(16-25)19-38)31(44)28(40-26)9-12-41-10-2-1-3-11-41/h4-7,14-17,26,28,40H,1-3,8-13,18-21H2,(H,39,43)/b7-5+/t26-,28-/m0/s1. The second-order valence-corrected chi connectivity index (χ2v) is 12.9. The molecule has 0 aromatic heterocycles.